The van der Waals surface area contributed by atoms with Crippen molar-refractivity contribution < 1.29 is 9.18 Å². The fourth-order valence-corrected chi connectivity index (χ4v) is 1.94. The zero-order chi connectivity index (χ0) is 15.5. The maximum atomic E-state index is 13.6. The van der Waals surface area contributed by atoms with E-state index in [2.05, 4.69) is 20.5 Å². The third kappa shape index (κ3) is 3.00. The van der Waals surface area contributed by atoms with Crippen molar-refractivity contribution in [1.29, 1.82) is 0 Å². The van der Waals surface area contributed by atoms with Gasteiger partial charge in [-0.15, -0.1) is 5.10 Å². The Kier molecular flexibility index (Phi) is 3.65. The van der Waals surface area contributed by atoms with Crippen molar-refractivity contribution in [2.24, 2.45) is 7.05 Å². The van der Waals surface area contributed by atoms with Crippen LogP contribution in [0.4, 0.5) is 10.3 Å². The molecule has 3 aromatic rings. The van der Waals surface area contributed by atoms with Crippen molar-refractivity contribution in [1.82, 2.24) is 24.5 Å². The molecule has 1 amide bonds. The van der Waals surface area contributed by atoms with Gasteiger partial charge in [0.2, 0.25) is 5.95 Å². The van der Waals surface area contributed by atoms with E-state index in [1.807, 2.05) is 0 Å². The second-order valence-electron chi connectivity index (χ2n) is 4.71. The first kappa shape index (κ1) is 13.9. The van der Waals surface area contributed by atoms with Crippen LogP contribution in [0.5, 0.6) is 0 Å². The molecule has 0 fully saturated rings. The third-order valence-corrected chi connectivity index (χ3v) is 3.02. The zero-order valence-electron chi connectivity index (χ0n) is 11.8. The Bertz CT molecular complexity index is 809. The van der Waals surface area contributed by atoms with Crippen molar-refractivity contribution in [3.63, 3.8) is 0 Å². The SMILES string of the molecule is Cn1cc(C(=O)Nc2ncn(Cc3ccccc3F)n2)cn1. The van der Waals surface area contributed by atoms with Gasteiger partial charge in [0, 0.05) is 18.8 Å². The van der Waals surface area contributed by atoms with Crippen molar-refractivity contribution >= 4 is 11.9 Å². The molecule has 0 aliphatic rings. The summed E-state index contributed by atoms with van der Waals surface area (Å²) < 4.78 is 16.6. The second-order valence-corrected chi connectivity index (χ2v) is 4.71. The standard InChI is InChI=1S/C14H13FN6O/c1-20-7-11(6-17-20)13(22)18-14-16-9-21(19-14)8-10-4-2-3-5-12(10)15/h2-7,9H,8H2,1H3,(H,18,19,22). The first-order valence-corrected chi connectivity index (χ1v) is 6.54. The van der Waals surface area contributed by atoms with Crippen molar-refractivity contribution in [2.75, 3.05) is 5.32 Å². The lowest BCUT2D eigenvalue weighted by atomic mass is 10.2. The van der Waals surface area contributed by atoms with E-state index in [-0.39, 0.29) is 24.2 Å². The largest absolute Gasteiger partial charge is 0.289 e. The summed E-state index contributed by atoms with van der Waals surface area (Å²) in [6.45, 7) is 0.239. The van der Waals surface area contributed by atoms with Crippen LogP contribution < -0.4 is 5.32 Å². The van der Waals surface area contributed by atoms with Gasteiger partial charge >= 0.3 is 0 Å². The molecule has 2 aromatic heterocycles. The molecule has 2 heterocycles. The Morgan fingerprint density at radius 3 is 2.91 bits per heavy atom. The number of halogens is 1. The van der Waals surface area contributed by atoms with Crippen molar-refractivity contribution in [3.05, 3.63) is 59.9 Å². The van der Waals surface area contributed by atoms with Gasteiger partial charge in [0.25, 0.3) is 5.91 Å². The highest BCUT2D eigenvalue weighted by Gasteiger charge is 2.11. The van der Waals surface area contributed by atoms with E-state index in [1.54, 1.807) is 31.4 Å². The molecule has 0 aliphatic carbocycles. The number of amides is 1. The minimum Gasteiger partial charge on any atom is -0.289 e. The van der Waals surface area contributed by atoms with E-state index in [0.29, 0.717) is 11.1 Å². The number of rotatable bonds is 4. The van der Waals surface area contributed by atoms with Crippen LogP contribution in [0.2, 0.25) is 0 Å². The van der Waals surface area contributed by atoms with Gasteiger partial charge in [0.15, 0.2) is 0 Å². The third-order valence-electron chi connectivity index (χ3n) is 3.02. The van der Waals surface area contributed by atoms with Crippen LogP contribution >= 0.6 is 0 Å². The highest BCUT2D eigenvalue weighted by Crippen LogP contribution is 2.09. The molecule has 0 bridgehead atoms. The normalized spacial score (nSPS) is 10.6. The van der Waals surface area contributed by atoms with Crippen LogP contribution in [-0.2, 0) is 13.6 Å². The summed E-state index contributed by atoms with van der Waals surface area (Å²) in [7, 11) is 1.72. The molecule has 0 radical (unpaired) electrons. The molecule has 0 saturated carbocycles. The van der Waals surface area contributed by atoms with Gasteiger partial charge in [-0.25, -0.2) is 14.1 Å². The number of hydrogen-bond donors (Lipinski definition) is 1. The number of carbonyl (C=O) groups excluding carboxylic acids is 1. The van der Waals surface area contributed by atoms with Gasteiger partial charge in [0.05, 0.1) is 18.3 Å². The van der Waals surface area contributed by atoms with Gasteiger partial charge in [-0.3, -0.25) is 14.8 Å². The first-order valence-electron chi connectivity index (χ1n) is 6.54. The van der Waals surface area contributed by atoms with Crippen LogP contribution in [0, 0.1) is 5.82 Å². The average Bonchev–Trinajstić information content (AvgIpc) is 3.11. The number of hydrogen-bond acceptors (Lipinski definition) is 4. The Hall–Kier alpha value is -3.03. The van der Waals surface area contributed by atoms with E-state index < -0.39 is 0 Å². The molecule has 112 valence electrons. The molecule has 0 aliphatic heterocycles. The molecule has 0 spiro atoms. The Labute approximate surface area is 125 Å². The van der Waals surface area contributed by atoms with E-state index in [4.69, 9.17) is 0 Å². The van der Waals surface area contributed by atoms with Crippen LogP contribution in [0.15, 0.2) is 43.0 Å². The molecule has 0 saturated heterocycles. The number of nitrogens with zero attached hydrogens (tertiary/aromatic N) is 5. The van der Waals surface area contributed by atoms with Gasteiger partial charge in [0.1, 0.15) is 12.1 Å². The fraction of sp³-hybridized carbons (Fsp3) is 0.143. The van der Waals surface area contributed by atoms with E-state index in [0.717, 1.165) is 0 Å². The van der Waals surface area contributed by atoms with E-state index in [1.165, 1.54) is 28.0 Å². The molecule has 3 rings (SSSR count). The van der Waals surface area contributed by atoms with Gasteiger partial charge < -0.3 is 0 Å². The number of anilines is 1. The summed E-state index contributed by atoms with van der Waals surface area (Å²) in [4.78, 5) is 15.9. The Balaban J connectivity index is 1.69. The maximum Gasteiger partial charge on any atom is 0.261 e. The molecule has 8 heteroatoms. The molecule has 0 atom stereocenters. The van der Waals surface area contributed by atoms with Gasteiger partial charge in [-0.1, -0.05) is 18.2 Å². The van der Waals surface area contributed by atoms with Crippen molar-refractivity contribution in [3.8, 4) is 0 Å². The number of aromatic nitrogens is 5. The van der Waals surface area contributed by atoms with Crippen LogP contribution in [-0.4, -0.2) is 30.5 Å². The van der Waals surface area contributed by atoms with Crippen LogP contribution in [0.25, 0.3) is 0 Å². The number of nitrogens with one attached hydrogen (secondary N) is 1. The smallest absolute Gasteiger partial charge is 0.261 e. The minimum atomic E-state index is -0.350. The minimum absolute atomic E-state index is 0.158. The summed E-state index contributed by atoms with van der Waals surface area (Å²) in [5.74, 6) is -0.499. The number of benzene rings is 1. The molecule has 0 unspecified atom stereocenters. The summed E-state index contributed by atoms with van der Waals surface area (Å²) in [6.07, 6.45) is 4.47. The topological polar surface area (TPSA) is 77.6 Å². The molecule has 7 nitrogen and oxygen atoms in total. The summed E-state index contributed by atoms with van der Waals surface area (Å²) in [6, 6.07) is 6.43. The number of aryl methyl sites for hydroxylation is 1. The average molecular weight is 300 g/mol. The molecule has 1 N–H and O–H groups in total. The molecular formula is C14H13FN6O. The molecule has 1 aromatic carbocycles. The zero-order valence-corrected chi connectivity index (χ0v) is 11.8. The Morgan fingerprint density at radius 1 is 1.36 bits per heavy atom. The summed E-state index contributed by atoms with van der Waals surface area (Å²) in [5, 5.41) is 10.6. The second kappa shape index (κ2) is 5.76. The van der Waals surface area contributed by atoms with E-state index >= 15 is 0 Å². The van der Waals surface area contributed by atoms with Gasteiger partial charge in [-0.2, -0.15) is 5.10 Å². The highest BCUT2D eigenvalue weighted by molar-refractivity contribution is 6.02. The lowest BCUT2D eigenvalue weighted by Gasteiger charge is -2.02. The summed E-state index contributed by atoms with van der Waals surface area (Å²) >= 11 is 0. The lowest BCUT2D eigenvalue weighted by Crippen LogP contribution is -2.13. The lowest BCUT2D eigenvalue weighted by molar-refractivity contribution is 0.102. The van der Waals surface area contributed by atoms with Gasteiger partial charge in [-0.05, 0) is 6.07 Å². The quantitative estimate of drug-likeness (QED) is 0.791. The Morgan fingerprint density at radius 2 is 2.18 bits per heavy atom. The number of carbonyl (C=O) groups is 1. The first-order chi connectivity index (χ1) is 10.6. The van der Waals surface area contributed by atoms with Crippen LogP contribution in [0.3, 0.4) is 0 Å². The van der Waals surface area contributed by atoms with Crippen molar-refractivity contribution in [2.45, 2.75) is 6.54 Å². The van der Waals surface area contributed by atoms with E-state index in [9.17, 15) is 9.18 Å². The predicted molar refractivity (Wildman–Crippen MR) is 76.7 cm³/mol. The molecular weight excluding hydrogens is 287 g/mol. The predicted octanol–water partition coefficient (Wildman–Crippen LogP) is 1.45. The fourth-order valence-electron chi connectivity index (χ4n) is 1.94. The monoisotopic (exact) mass is 300 g/mol. The summed E-state index contributed by atoms with van der Waals surface area (Å²) in [5.41, 5.74) is 0.908. The highest BCUT2D eigenvalue weighted by atomic mass is 19.1. The van der Waals surface area contributed by atoms with Crippen LogP contribution in [0.1, 0.15) is 15.9 Å². The maximum absolute atomic E-state index is 13.6. The molecule has 22 heavy (non-hydrogen) atoms.